The number of nitrogens with zero attached hydrogens (tertiary/aromatic N) is 3. The van der Waals surface area contributed by atoms with Gasteiger partial charge in [-0.2, -0.15) is 0 Å². The summed E-state index contributed by atoms with van der Waals surface area (Å²) in [4.78, 5) is 19.0. The van der Waals surface area contributed by atoms with Crippen molar-refractivity contribution >= 4 is 45.0 Å². The molecule has 3 rings (SSSR count). The second-order valence-corrected chi connectivity index (χ2v) is 8.44. The minimum Gasteiger partial charge on any atom is -0.482 e. The molecule has 0 aliphatic rings. The molecule has 0 bridgehead atoms. The molecule has 0 N–H and O–H groups in total. The van der Waals surface area contributed by atoms with Crippen LogP contribution in [-0.2, 0) is 11.8 Å². The first kappa shape index (κ1) is 21.7. The molecule has 3 aromatic rings. The molecule has 5 nitrogen and oxygen atoms in total. The molecular formula is C21H20BrCl2N3O2. The van der Waals surface area contributed by atoms with E-state index in [1.54, 1.807) is 36.3 Å². The number of carbonyl (C=O) groups excluding carboxylic acids is 1. The van der Waals surface area contributed by atoms with E-state index < -0.39 is 0 Å². The summed E-state index contributed by atoms with van der Waals surface area (Å²) in [6, 6.07) is 10.6. The van der Waals surface area contributed by atoms with Gasteiger partial charge in [-0.3, -0.25) is 4.79 Å². The monoisotopic (exact) mass is 495 g/mol. The van der Waals surface area contributed by atoms with Crippen LogP contribution >= 0.6 is 39.1 Å². The second-order valence-electron chi connectivity index (χ2n) is 6.68. The molecule has 0 aliphatic carbocycles. The number of aromatic nitrogens is 2. The summed E-state index contributed by atoms with van der Waals surface area (Å²) in [6.07, 6.45) is 3.55. The van der Waals surface area contributed by atoms with E-state index >= 15 is 0 Å². The van der Waals surface area contributed by atoms with Crippen LogP contribution in [0.1, 0.15) is 23.0 Å². The van der Waals surface area contributed by atoms with Gasteiger partial charge in [-0.05, 0) is 42.3 Å². The fraction of sp³-hybridized carbons (Fsp3) is 0.238. The lowest BCUT2D eigenvalue weighted by Gasteiger charge is -2.28. The first-order valence-electron chi connectivity index (χ1n) is 8.84. The zero-order valence-corrected chi connectivity index (χ0v) is 19.3. The summed E-state index contributed by atoms with van der Waals surface area (Å²) in [5.41, 5.74) is 1.75. The molecule has 1 atom stereocenters. The lowest BCUT2D eigenvalue weighted by atomic mass is 10.0. The van der Waals surface area contributed by atoms with Crippen molar-refractivity contribution in [2.75, 3.05) is 13.7 Å². The van der Waals surface area contributed by atoms with Gasteiger partial charge in [0.1, 0.15) is 17.6 Å². The Bertz CT molecular complexity index is 998. The van der Waals surface area contributed by atoms with Crippen LogP contribution in [0.2, 0.25) is 10.0 Å². The van der Waals surface area contributed by atoms with Crippen molar-refractivity contribution in [1.29, 1.82) is 0 Å². The summed E-state index contributed by atoms with van der Waals surface area (Å²) in [5, 5.41) is 1.08. The molecule has 1 heterocycles. The van der Waals surface area contributed by atoms with Gasteiger partial charge in [0.15, 0.2) is 6.61 Å². The quantitative estimate of drug-likeness (QED) is 0.457. The minimum absolute atomic E-state index is 0.146. The van der Waals surface area contributed by atoms with E-state index in [1.165, 1.54) is 0 Å². The Hall–Kier alpha value is -2.02. The lowest BCUT2D eigenvalue weighted by Crippen LogP contribution is -2.36. The van der Waals surface area contributed by atoms with Crippen molar-refractivity contribution in [3.8, 4) is 5.75 Å². The van der Waals surface area contributed by atoms with Crippen LogP contribution in [0, 0.1) is 6.92 Å². The summed E-state index contributed by atoms with van der Waals surface area (Å²) in [5.74, 6) is 1.03. The Morgan fingerprint density at radius 1 is 1.28 bits per heavy atom. The fourth-order valence-corrected chi connectivity index (χ4v) is 4.23. The molecular weight excluding hydrogens is 477 g/mol. The average Bonchev–Trinajstić information content (AvgIpc) is 3.08. The van der Waals surface area contributed by atoms with Crippen LogP contribution in [0.5, 0.6) is 5.75 Å². The molecule has 0 saturated carbocycles. The van der Waals surface area contributed by atoms with Crippen LogP contribution < -0.4 is 4.74 Å². The van der Waals surface area contributed by atoms with Crippen molar-refractivity contribution in [3.05, 3.63) is 80.3 Å². The van der Waals surface area contributed by atoms with Crippen molar-refractivity contribution in [3.63, 3.8) is 0 Å². The number of aryl methyl sites for hydroxylation is 2. The zero-order valence-electron chi connectivity index (χ0n) is 16.2. The highest BCUT2D eigenvalue weighted by molar-refractivity contribution is 9.10. The Morgan fingerprint density at radius 3 is 2.55 bits per heavy atom. The predicted molar refractivity (Wildman–Crippen MR) is 119 cm³/mol. The van der Waals surface area contributed by atoms with E-state index in [4.69, 9.17) is 27.9 Å². The van der Waals surface area contributed by atoms with Gasteiger partial charge in [0, 0.05) is 36.0 Å². The Kier molecular flexibility index (Phi) is 6.88. The highest BCUT2D eigenvalue weighted by Gasteiger charge is 2.27. The molecule has 0 spiro atoms. The summed E-state index contributed by atoms with van der Waals surface area (Å²) < 4.78 is 8.51. The Labute approximate surface area is 188 Å². The van der Waals surface area contributed by atoms with Gasteiger partial charge in [0.05, 0.1) is 5.02 Å². The Morgan fingerprint density at radius 2 is 1.97 bits per heavy atom. The molecule has 8 heteroatoms. The maximum Gasteiger partial charge on any atom is 0.261 e. The van der Waals surface area contributed by atoms with E-state index in [0.29, 0.717) is 15.8 Å². The largest absolute Gasteiger partial charge is 0.482 e. The number of hydrogen-bond acceptors (Lipinski definition) is 3. The van der Waals surface area contributed by atoms with E-state index in [-0.39, 0.29) is 18.6 Å². The number of amides is 1. The molecule has 0 saturated heterocycles. The fourth-order valence-electron chi connectivity index (χ4n) is 3.08. The molecule has 1 amide bonds. The molecule has 2 aromatic carbocycles. The number of likely N-dealkylation sites (N-methyl/N-ethyl adjacent to an activating group) is 1. The molecule has 0 unspecified atom stereocenters. The minimum atomic E-state index is -0.384. The van der Waals surface area contributed by atoms with Crippen LogP contribution in [0.3, 0.4) is 0 Å². The van der Waals surface area contributed by atoms with E-state index in [9.17, 15) is 4.79 Å². The number of ether oxygens (including phenoxy) is 1. The van der Waals surface area contributed by atoms with Crippen molar-refractivity contribution in [2.24, 2.45) is 7.05 Å². The molecule has 152 valence electrons. The van der Waals surface area contributed by atoms with Gasteiger partial charge >= 0.3 is 0 Å². The van der Waals surface area contributed by atoms with Gasteiger partial charge in [-0.15, -0.1) is 0 Å². The van der Waals surface area contributed by atoms with Crippen LogP contribution in [0.15, 0.2) is 53.3 Å². The van der Waals surface area contributed by atoms with Crippen LogP contribution in [0.25, 0.3) is 0 Å². The third-order valence-corrected chi connectivity index (χ3v) is 5.59. The average molecular weight is 497 g/mol. The topological polar surface area (TPSA) is 47.4 Å². The maximum absolute atomic E-state index is 13.0. The van der Waals surface area contributed by atoms with Crippen molar-refractivity contribution < 1.29 is 9.53 Å². The molecule has 0 fully saturated rings. The third kappa shape index (κ3) is 4.94. The van der Waals surface area contributed by atoms with Gasteiger partial charge < -0.3 is 14.2 Å². The standard InChI is InChI=1S/C21H20BrCl2N3O2/c1-13-10-15(22)11-17(24)20(13)29-12-18(28)27(3)19(21-25-8-9-26(21)2)14-4-6-16(23)7-5-14/h4-11,19H,12H2,1-3H3/t19-/m1/s1. The molecule has 29 heavy (non-hydrogen) atoms. The molecule has 0 radical (unpaired) electrons. The van der Waals surface area contributed by atoms with Gasteiger partial charge in [0.25, 0.3) is 5.91 Å². The van der Waals surface area contributed by atoms with Crippen LogP contribution in [0.4, 0.5) is 0 Å². The van der Waals surface area contributed by atoms with E-state index in [1.807, 2.05) is 42.9 Å². The Balaban J connectivity index is 1.84. The van der Waals surface area contributed by atoms with Crippen molar-refractivity contribution in [1.82, 2.24) is 14.5 Å². The number of rotatable bonds is 6. The van der Waals surface area contributed by atoms with E-state index in [0.717, 1.165) is 21.4 Å². The first-order valence-corrected chi connectivity index (χ1v) is 10.4. The number of benzene rings is 2. The summed E-state index contributed by atoms with van der Waals surface area (Å²) >= 11 is 15.7. The highest BCUT2D eigenvalue weighted by atomic mass is 79.9. The first-order chi connectivity index (χ1) is 13.8. The van der Waals surface area contributed by atoms with Crippen LogP contribution in [-0.4, -0.2) is 34.0 Å². The van der Waals surface area contributed by atoms with Gasteiger partial charge in [-0.25, -0.2) is 4.98 Å². The molecule has 1 aromatic heterocycles. The van der Waals surface area contributed by atoms with Gasteiger partial charge in [0.2, 0.25) is 0 Å². The second kappa shape index (κ2) is 9.20. The highest BCUT2D eigenvalue weighted by Crippen LogP contribution is 2.32. The lowest BCUT2D eigenvalue weighted by molar-refractivity contribution is -0.133. The number of imidazole rings is 1. The number of hydrogen-bond donors (Lipinski definition) is 0. The molecule has 0 aliphatic heterocycles. The number of carbonyl (C=O) groups is 1. The maximum atomic E-state index is 13.0. The van der Waals surface area contributed by atoms with Gasteiger partial charge in [-0.1, -0.05) is 51.3 Å². The zero-order chi connectivity index (χ0) is 21.1. The predicted octanol–water partition coefficient (Wildman–Crippen LogP) is 5.42. The smallest absolute Gasteiger partial charge is 0.261 e. The summed E-state index contributed by atoms with van der Waals surface area (Å²) in [6.45, 7) is 1.73. The SMILES string of the molecule is Cc1cc(Br)cc(Cl)c1OCC(=O)N(C)[C@H](c1ccc(Cl)cc1)c1nccn1C. The normalized spacial score (nSPS) is 11.9. The third-order valence-electron chi connectivity index (χ3n) is 4.60. The summed E-state index contributed by atoms with van der Waals surface area (Å²) in [7, 11) is 3.63. The van der Waals surface area contributed by atoms with E-state index in [2.05, 4.69) is 20.9 Å². The number of halogens is 3. The van der Waals surface area contributed by atoms with Crippen molar-refractivity contribution in [2.45, 2.75) is 13.0 Å².